The number of carbonyl (C=O) groups excluding carboxylic acids is 1. The number of rotatable bonds is 2. The summed E-state index contributed by atoms with van der Waals surface area (Å²) < 4.78 is 3.30. The molecule has 1 amide bonds. The number of thiazole rings is 1. The number of fused-ring (bicyclic) bond motifs is 3. The number of benzene rings is 1. The molecule has 1 saturated carbocycles. The van der Waals surface area contributed by atoms with Crippen LogP contribution in [-0.4, -0.2) is 16.3 Å². The Morgan fingerprint density at radius 2 is 1.90 bits per heavy atom. The maximum atomic E-state index is 12.6. The van der Waals surface area contributed by atoms with Gasteiger partial charge in [0, 0.05) is 6.04 Å². The minimum atomic E-state index is 0.0606. The zero-order valence-corrected chi connectivity index (χ0v) is 12.7. The Hall–Kier alpha value is -1.81. The van der Waals surface area contributed by atoms with E-state index in [-0.39, 0.29) is 5.91 Å². The van der Waals surface area contributed by atoms with Gasteiger partial charge in [-0.2, -0.15) is 0 Å². The molecular formula is C17H18N2OS. The average molecular weight is 298 g/mol. The molecule has 0 spiro atoms. The van der Waals surface area contributed by atoms with Crippen molar-refractivity contribution in [2.75, 3.05) is 0 Å². The van der Waals surface area contributed by atoms with Crippen LogP contribution in [-0.2, 0) is 0 Å². The normalized spacial score (nSPS) is 16.6. The average Bonchev–Trinajstić information content (AvgIpc) is 3.07. The van der Waals surface area contributed by atoms with E-state index in [0.29, 0.717) is 6.04 Å². The monoisotopic (exact) mass is 298 g/mol. The second kappa shape index (κ2) is 5.19. The highest BCUT2D eigenvalue weighted by atomic mass is 32.1. The molecule has 3 nitrogen and oxygen atoms in total. The second-order valence-electron chi connectivity index (χ2n) is 5.77. The van der Waals surface area contributed by atoms with Gasteiger partial charge in [0.15, 0.2) is 0 Å². The van der Waals surface area contributed by atoms with Crippen LogP contribution in [0, 0.1) is 0 Å². The number of carbonyl (C=O) groups is 1. The van der Waals surface area contributed by atoms with E-state index in [2.05, 4.69) is 21.9 Å². The van der Waals surface area contributed by atoms with Gasteiger partial charge < -0.3 is 5.32 Å². The number of hydrogen-bond acceptors (Lipinski definition) is 2. The van der Waals surface area contributed by atoms with Crippen LogP contribution in [0.25, 0.3) is 15.0 Å². The number of amides is 1. The number of nitrogens with one attached hydrogen (secondary N) is 1. The summed E-state index contributed by atoms with van der Waals surface area (Å²) in [6.45, 7) is 0. The van der Waals surface area contributed by atoms with Crippen molar-refractivity contribution < 1.29 is 4.79 Å². The number of aromatic nitrogens is 1. The van der Waals surface area contributed by atoms with Crippen LogP contribution in [0.5, 0.6) is 0 Å². The van der Waals surface area contributed by atoms with Crippen molar-refractivity contribution >= 4 is 32.3 Å². The first kappa shape index (κ1) is 12.9. The first-order chi connectivity index (χ1) is 10.3. The van der Waals surface area contributed by atoms with Crippen molar-refractivity contribution in [2.45, 2.75) is 38.1 Å². The first-order valence-electron chi connectivity index (χ1n) is 7.63. The molecule has 2 heterocycles. The second-order valence-corrected chi connectivity index (χ2v) is 6.83. The quantitative estimate of drug-likeness (QED) is 0.755. The molecule has 21 heavy (non-hydrogen) atoms. The van der Waals surface area contributed by atoms with Gasteiger partial charge in [0.25, 0.3) is 5.91 Å². The molecule has 1 aromatic carbocycles. The van der Waals surface area contributed by atoms with Gasteiger partial charge in [-0.05, 0) is 37.1 Å². The molecule has 0 bridgehead atoms. The summed E-state index contributed by atoms with van der Waals surface area (Å²) in [6.07, 6.45) is 6.00. The van der Waals surface area contributed by atoms with Gasteiger partial charge in [0.1, 0.15) is 10.5 Å². The Morgan fingerprint density at radius 1 is 1.10 bits per heavy atom. The Balaban J connectivity index is 1.70. The molecule has 2 aromatic heterocycles. The van der Waals surface area contributed by atoms with Gasteiger partial charge in [0.05, 0.1) is 10.2 Å². The number of hydrogen-bond donors (Lipinski definition) is 1. The van der Waals surface area contributed by atoms with Crippen molar-refractivity contribution in [1.29, 1.82) is 0 Å². The minimum absolute atomic E-state index is 0.0606. The minimum Gasteiger partial charge on any atom is -0.348 e. The van der Waals surface area contributed by atoms with Gasteiger partial charge in [-0.1, -0.05) is 31.4 Å². The van der Waals surface area contributed by atoms with Crippen molar-refractivity contribution in [3.05, 3.63) is 42.1 Å². The van der Waals surface area contributed by atoms with E-state index in [1.165, 1.54) is 24.0 Å². The molecular weight excluding hydrogens is 280 g/mol. The molecule has 0 aliphatic heterocycles. The topological polar surface area (TPSA) is 33.5 Å². The highest BCUT2D eigenvalue weighted by Crippen LogP contribution is 2.28. The third-order valence-electron chi connectivity index (χ3n) is 4.34. The zero-order valence-electron chi connectivity index (χ0n) is 11.8. The first-order valence-corrected chi connectivity index (χ1v) is 8.44. The summed E-state index contributed by atoms with van der Waals surface area (Å²) >= 11 is 1.73. The molecule has 108 valence electrons. The summed E-state index contributed by atoms with van der Waals surface area (Å²) in [4.78, 5) is 13.7. The summed E-state index contributed by atoms with van der Waals surface area (Å²) in [5.74, 6) is 0.0606. The van der Waals surface area contributed by atoms with E-state index < -0.39 is 0 Å². The summed E-state index contributed by atoms with van der Waals surface area (Å²) in [5.41, 5.74) is 1.88. The fourth-order valence-electron chi connectivity index (χ4n) is 3.27. The molecule has 4 heteroatoms. The van der Waals surface area contributed by atoms with E-state index >= 15 is 0 Å². The van der Waals surface area contributed by atoms with Crippen molar-refractivity contribution in [3.63, 3.8) is 0 Å². The maximum Gasteiger partial charge on any atom is 0.268 e. The molecule has 3 aromatic rings. The van der Waals surface area contributed by atoms with Crippen LogP contribution in [0.15, 0.2) is 36.4 Å². The molecule has 1 aliphatic rings. The highest BCUT2D eigenvalue weighted by Gasteiger charge is 2.19. The van der Waals surface area contributed by atoms with Gasteiger partial charge in [-0.3, -0.25) is 9.20 Å². The predicted molar refractivity (Wildman–Crippen MR) is 87.1 cm³/mol. The van der Waals surface area contributed by atoms with Crippen molar-refractivity contribution in [1.82, 2.24) is 9.72 Å². The lowest BCUT2D eigenvalue weighted by atomic mass is 9.95. The smallest absolute Gasteiger partial charge is 0.268 e. The van der Waals surface area contributed by atoms with Crippen molar-refractivity contribution in [2.24, 2.45) is 0 Å². The van der Waals surface area contributed by atoms with Crippen LogP contribution in [0.1, 0.15) is 42.6 Å². The van der Waals surface area contributed by atoms with E-state index in [9.17, 15) is 4.79 Å². The lowest BCUT2D eigenvalue weighted by molar-refractivity contribution is 0.0922. The van der Waals surface area contributed by atoms with E-state index in [1.807, 2.05) is 24.3 Å². The molecule has 0 saturated heterocycles. The summed E-state index contributed by atoms with van der Waals surface area (Å²) in [5, 5.41) is 3.21. The lowest BCUT2D eigenvalue weighted by Gasteiger charge is -2.22. The van der Waals surface area contributed by atoms with E-state index in [1.54, 1.807) is 11.3 Å². The highest BCUT2D eigenvalue weighted by molar-refractivity contribution is 7.24. The van der Waals surface area contributed by atoms with Crippen LogP contribution in [0.4, 0.5) is 0 Å². The standard InChI is InChI=1S/C17H18N2OS/c20-17(18-12-6-2-1-3-7-12)14-10-11-16-19(14)13-8-4-5-9-15(13)21-16/h4-5,8-12H,1-3,6-7H2,(H,18,20). The summed E-state index contributed by atoms with van der Waals surface area (Å²) in [6, 6.07) is 12.6. The maximum absolute atomic E-state index is 12.6. The van der Waals surface area contributed by atoms with E-state index in [4.69, 9.17) is 0 Å². The third-order valence-corrected chi connectivity index (χ3v) is 5.43. The van der Waals surface area contributed by atoms with Gasteiger partial charge in [0.2, 0.25) is 0 Å². The molecule has 4 rings (SSSR count). The molecule has 1 aliphatic carbocycles. The van der Waals surface area contributed by atoms with Crippen molar-refractivity contribution in [3.8, 4) is 0 Å². The number of nitrogens with zero attached hydrogens (tertiary/aromatic N) is 1. The Bertz CT molecular complexity index is 795. The molecule has 1 N–H and O–H groups in total. The van der Waals surface area contributed by atoms with Crippen LogP contribution in [0.3, 0.4) is 0 Å². The van der Waals surface area contributed by atoms with Gasteiger partial charge in [-0.15, -0.1) is 11.3 Å². The fraction of sp³-hybridized carbons (Fsp3) is 0.353. The Morgan fingerprint density at radius 3 is 2.76 bits per heavy atom. The zero-order chi connectivity index (χ0) is 14.2. The van der Waals surface area contributed by atoms with Gasteiger partial charge >= 0.3 is 0 Å². The Kier molecular flexibility index (Phi) is 3.19. The third kappa shape index (κ3) is 2.23. The molecule has 1 fully saturated rings. The Labute approximate surface area is 127 Å². The van der Waals surface area contributed by atoms with E-state index in [0.717, 1.165) is 28.9 Å². The van der Waals surface area contributed by atoms with Gasteiger partial charge in [-0.25, -0.2) is 0 Å². The fourth-order valence-corrected chi connectivity index (χ4v) is 4.33. The van der Waals surface area contributed by atoms with Crippen LogP contribution < -0.4 is 5.32 Å². The molecule has 0 atom stereocenters. The van der Waals surface area contributed by atoms with Crippen LogP contribution >= 0.6 is 11.3 Å². The predicted octanol–water partition coefficient (Wildman–Crippen LogP) is 4.22. The molecule has 0 radical (unpaired) electrons. The largest absolute Gasteiger partial charge is 0.348 e. The summed E-state index contributed by atoms with van der Waals surface area (Å²) in [7, 11) is 0. The lowest BCUT2D eigenvalue weighted by Crippen LogP contribution is -2.36. The van der Waals surface area contributed by atoms with Crippen LogP contribution in [0.2, 0.25) is 0 Å². The SMILES string of the molecule is O=C(NC1CCCCC1)c1ccc2sc3ccccc3n12. The number of para-hydroxylation sites is 1. The molecule has 0 unspecified atom stereocenters.